The van der Waals surface area contributed by atoms with Gasteiger partial charge in [0, 0.05) is 42.5 Å². The molecule has 1 aromatic carbocycles. The lowest BCUT2D eigenvalue weighted by Crippen LogP contribution is -2.20. The Morgan fingerprint density at radius 3 is 2.69 bits per heavy atom. The van der Waals surface area contributed by atoms with Gasteiger partial charge in [-0.15, -0.1) is 12.4 Å². The van der Waals surface area contributed by atoms with Crippen LogP contribution in [0.2, 0.25) is 0 Å². The van der Waals surface area contributed by atoms with Crippen LogP contribution in [-0.4, -0.2) is 25.9 Å². The molecular formula is C24H23ClF3N5O2. The quantitative estimate of drug-likeness (QED) is 0.450. The molecule has 0 spiro atoms. The molecule has 4 heterocycles. The van der Waals surface area contributed by atoms with Crippen molar-refractivity contribution in [1.29, 1.82) is 0 Å². The van der Waals surface area contributed by atoms with E-state index in [4.69, 9.17) is 4.74 Å². The minimum atomic E-state index is -4.49. The van der Waals surface area contributed by atoms with Crippen molar-refractivity contribution in [2.75, 3.05) is 6.54 Å². The first-order valence-corrected chi connectivity index (χ1v) is 10.9. The van der Waals surface area contributed by atoms with Crippen LogP contribution in [0.15, 0.2) is 53.6 Å². The second-order valence-electron chi connectivity index (χ2n) is 8.25. The summed E-state index contributed by atoms with van der Waals surface area (Å²) in [6, 6.07) is 9.33. The standard InChI is InChI=1S/C24H22F3N5O2.ClH/c1-31-20-3-2-8-28-13-19(20)18-6-5-16(9-21(18)31)32-23(33)10-17(12-30-32)34-14-15-4-7-22(29-11-15)24(25,26)27;/h4-7,9-12,28H,2-3,8,13-14H2,1H3;1H. The monoisotopic (exact) mass is 505 g/mol. The van der Waals surface area contributed by atoms with E-state index in [1.54, 1.807) is 0 Å². The van der Waals surface area contributed by atoms with Crippen LogP contribution in [0.3, 0.4) is 0 Å². The number of ether oxygens (including phenoxy) is 1. The molecule has 0 atom stereocenters. The maximum atomic E-state index is 12.7. The number of rotatable bonds is 4. The summed E-state index contributed by atoms with van der Waals surface area (Å²) in [5.74, 6) is 0.221. The van der Waals surface area contributed by atoms with Gasteiger partial charge in [-0.3, -0.25) is 9.78 Å². The molecule has 1 N–H and O–H groups in total. The number of hydrogen-bond donors (Lipinski definition) is 1. The van der Waals surface area contributed by atoms with Crippen molar-refractivity contribution >= 4 is 23.3 Å². The van der Waals surface area contributed by atoms with Gasteiger partial charge < -0.3 is 14.6 Å². The Kier molecular flexibility index (Phi) is 6.86. The van der Waals surface area contributed by atoms with Crippen molar-refractivity contribution < 1.29 is 17.9 Å². The molecule has 0 unspecified atom stereocenters. The van der Waals surface area contributed by atoms with Gasteiger partial charge in [-0.1, -0.05) is 12.1 Å². The highest BCUT2D eigenvalue weighted by molar-refractivity contribution is 5.87. The second-order valence-corrected chi connectivity index (χ2v) is 8.25. The van der Waals surface area contributed by atoms with E-state index in [9.17, 15) is 18.0 Å². The molecule has 1 aliphatic heterocycles. The molecule has 0 radical (unpaired) electrons. The zero-order valence-corrected chi connectivity index (χ0v) is 19.6. The van der Waals surface area contributed by atoms with Crippen molar-refractivity contribution in [3.8, 4) is 11.4 Å². The number of benzene rings is 1. The SMILES string of the molecule is Cl.Cn1c2c(c3ccc(-n4ncc(OCc5ccc(C(F)(F)F)nc5)cc4=O)cc31)CNCCC2. The van der Waals surface area contributed by atoms with Gasteiger partial charge in [-0.05, 0) is 43.1 Å². The van der Waals surface area contributed by atoms with E-state index in [-0.39, 0.29) is 30.3 Å². The molecule has 3 aromatic heterocycles. The normalized spacial score (nSPS) is 13.7. The molecule has 0 saturated heterocycles. The van der Waals surface area contributed by atoms with Gasteiger partial charge in [0.05, 0.1) is 17.4 Å². The Morgan fingerprint density at radius 2 is 1.97 bits per heavy atom. The zero-order chi connectivity index (χ0) is 23.9. The van der Waals surface area contributed by atoms with E-state index in [1.807, 2.05) is 25.2 Å². The largest absolute Gasteiger partial charge is 0.487 e. The topological polar surface area (TPSA) is 74.0 Å². The van der Waals surface area contributed by atoms with Crippen LogP contribution >= 0.6 is 12.4 Å². The first kappa shape index (κ1) is 24.7. The summed E-state index contributed by atoms with van der Waals surface area (Å²) in [5.41, 5.74) is 3.38. The molecule has 0 aliphatic carbocycles. The molecule has 4 aromatic rings. The van der Waals surface area contributed by atoms with E-state index in [0.29, 0.717) is 11.3 Å². The lowest BCUT2D eigenvalue weighted by Gasteiger charge is -2.10. The van der Waals surface area contributed by atoms with E-state index in [0.717, 1.165) is 49.1 Å². The van der Waals surface area contributed by atoms with Crippen molar-refractivity contribution in [2.24, 2.45) is 7.05 Å². The first-order valence-electron chi connectivity index (χ1n) is 10.9. The van der Waals surface area contributed by atoms with Crippen molar-refractivity contribution in [3.05, 3.63) is 81.7 Å². The van der Waals surface area contributed by atoms with Crippen LogP contribution in [0, 0.1) is 0 Å². The number of aryl methyl sites for hydroxylation is 1. The number of nitrogens with one attached hydrogen (secondary N) is 1. The number of hydrogen-bond acceptors (Lipinski definition) is 5. The number of halogens is 4. The first-order chi connectivity index (χ1) is 16.3. The molecule has 0 saturated carbocycles. The number of alkyl halides is 3. The van der Waals surface area contributed by atoms with Crippen LogP contribution < -0.4 is 15.6 Å². The molecule has 11 heteroatoms. The number of aromatic nitrogens is 4. The third-order valence-electron chi connectivity index (χ3n) is 6.03. The molecule has 35 heavy (non-hydrogen) atoms. The molecule has 1 aliphatic rings. The van der Waals surface area contributed by atoms with Gasteiger partial charge in [-0.2, -0.15) is 23.0 Å². The number of fused-ring (bicyclic) bond motifs is 3. The lowest BCUT2D eigenvalue weighted by molar-refractivity contribution is -0.141. The summed E-state index contributed by atoms with van der Waals surface area (Å²) in [6.45, 7) is 1.78. The summed E-state index contributed by atoms with van der Waals surface area (Å²) in [5, 5.41) is 8.85. The van der Waals surface area contributed by atoms with Gasteiger partial charge in [-0.25, -0.2) is 0 Å². The minimum Gasteiger partial charge on any atom is -0.487 e. The summed E-state index contributed by atoms with van der Waals surface area (Å²) < 4.78 is 46.9. The second kappa shape index (κ2) is 9.71. The highest BCUT2D eigenvalue weighted by Crippen LogP contribution is 2.29. The molecule has 5 rings (SSSR count). The zero-order valence-electron chi connectivity index (χ0n) is 18.8. The fraction of sp³-hybridized carbons (Fsp3) is 0.292. The number of pyridine rings is 1. The van der Waals surface area contributed by atoms with E-state index < -0.39 is 11.9 Å². The third-order valence-corrected chi connectivity index (χ3v) is 6.03. The maximum Gasteiger partial charge on any atom is 0.433 e. The van der Waals surface area contributed by atoms with Crippen LogP contribution in [-0.2, 0) is 32.8 Å². The fourth-order valence-corrected chi connectivity index (χ4v) is 4.31. The minimum absolute atomic E-state index is 0. The predicted octanol–water partition coefficient (Wildman–Crippen LogP) is 4.17. The Hall–Kier alpha value is -3.37. The molecular weight excluding hydrogens is 483 g/mol. The molecule has 0 fully saturated rings. The lowest BCUT2D eigenvalue weighted by atomic mass is 10.1. The van der Waals surface area contributed by atoms with E-state index in [1.165, 1.54) is 34.3 Å². The van der Waals surface area contributed by atoms with Crippen molar-refractivity contribution in [2.45, 2.75) is 32.2 Å². The highest BCUT2D eigenvalue weighted by Gasteiger charge is 2.32. The van der Waals surface area contributed by atoms with Gasteiger partial charge in [0.25, 0.3) is 5.56 Å². The average Bonchev–Trinajstić information content (AvgIpc) is 2.96. The third kappa shape index (κ3) is 4.89. The Labute approximate surface area is 205 Å². The average molecular weight is 506 g/mol. The molecule has 0 amide bonds. The maximum absolute atomic E-state index is 12.7. The van der Waals surface area contributed by atoms with Crippen LogP contribution in [0.4, 0.5) is 13.2 Å². The Bertz CT molecular complexity index is 1410. The van der Waals surface area contributed by atoms with Crippen molar-refractivity contribution in [1.82, 2.24) is 24.6 Å². The molecule has 7 nitrogen and oxygen atoms in total. The molecule has 0 bridgehead atoms. The van der Waals surface area contributed by atoms with Crippen LogP contribution in [0.25, 0.3) is 16.6 Å². The summed E-state index contributed by atoms with van der Waals surface area (Å²) in [4.78, 5) is 16.1. The van der Waals surface area contributed by atoms with Gasteiger partial charge >= 0.3 is 6.18 Å². The molecule has 184 valence electrons. The van der Waals surface area contributed by atoms with E-state index >= 15 is 0 Å². The van der Waals surface area contributed by atoms with Gasteiger partial charge in [0.2, 0.25) is 0 Å². The van der Waals surface area contributed by atoms with Gasteiger partial charge in [0.1, 0.15) is 18.1 Å². The highest BCUT2D eigenvalue weighted by atomic mass is 35.5. The van der Waals surface area contributed by atoms with Crippen molar-refractivity contribution in [3.63, 3.8) is 0 Å². The predicted molar refractivity (Wildman–Crippen MR) is 127 cm³/mol. The Morgan fingerprint density at radius 1 is 1.14 bits per heavy atom. The van der Waals surface area contributed by atoms with Gasteiger partial charge in [0.15, 0.2) is 0 Å². The fourth-order valence-electron chi connectivity index (χ4n) is 4.31. The summed E-state index contributed by atoms with van der Waals surface area (Å²) in [6.07, 6.45) is 0.0964. The van der Waals surface area contributed by atoms with E-state index in [2.05, 4.69) is 20.0 Å². The van der Waals surface area contributed by atoms with Crippen LogP contribution in [0.1, 0.15) is 28.9 Å². The smallest absolute Gasteiger partial charge is 0.433 e. The number of nitrogens with zero attached hydrogens (tertiary/aromatic N) is 4. The van der Waals surface area contributed by atoms with Crippen LogP contribution in [0.5, 0.6) is 5.75 Å². The summed E-state index contributed by atoms with van der Waals surface area (Å²) in [7, 11) is 2.04. The summed E-state index contributed by atoms with van der Waals surface area (Å²) >= 11 is 0. The Balaban J connectivity index is 0.00000289.